The van der Waals surface area contributed by atoms with E-state index < -0.39 is 35.3 Å². The third kappa shape index (κ3) is 4.23. The van der Waals surface area contributed by atoms with Crippen molar-refractivity contribution in [2.24, 2.45) is 11.8 Å². The second-order valence-electron chi connectivity index (χ2n) is 10.3. The first-order valence-corrected chi connectivity index (χ1v) is 13.6. The van der Waals surface area contributed by atoms with Crippen LogP contribution in [0.15, 0.2) is 40.9 Å². The molecule has 2 heterocycles. The van der Waals surface area contributed by atoms with Crippen molar-refractivity contribution in [2.45, 2.75) is 56.1 Å². The number of nitrogens with one attached hydrogen (secondary N) is 1. The van der Waals surface area contributed by atoms with Gasteiger partial charge in [-0.3, -0.25) is 24.6 Å². The summed E-state index contributed by atoms with van der Waals surface area (Å²) in [5.41, 5.74) is -0.491. The Balaban J connectivity index is 1.64. The van der Waals surface area contributed by atoms with E-state index in [4.69, 9.17) is 9.47 Å². The second-order valence-corrected chi connectivity index (χ2v) is 11.2. The number of carboxylic acid groups (broad SMARTS) is 1. The van der Waals surface area contributed by atoms with Gasteiger partial charge >= 0.3 is 5.97 Å². The predicted molar refractivity (Wildman–Crippen MR) is 141 cm³/mol. The van der Waals surface area contributed by atoms with Gasteiger partial charge in [0.15, 0.2) is 11.5 Å². The molecule has 2 aromatic carbocycles. The first-order chi connectivity index (χ1) is 18.2. The predicted octanol–water partition coefficient (Wildman–Crippen LogP) is 3.82. The molecule has 4 unspecified atom stereocenters. The summed E-state index contributed by atoms with van der Waals surface area (Å²) in [6, 6.07) is 8.76. The number of hydrogen-bond acceptors (Lipinski definition) is 7. The summed E-state index contributed by atoms with van der Waals surface area (Å²) in [4.78, 5) is 42.5. The Bertz CT molecular complexity index is 1260. The number of phenolic OH excluding ortho intramolecular Hbond substituents is 1. The summed E-state index contributed by atoms with van der Waals surface area (Å²) in [5.74, 6) is -3.01. The summed E-state index contributed by atoms with van der Waals surface area (Å²) < 4.78 is 11.5. The zero-order valence-electron chi connectivity index (χ0n) is 21.3. The van der Waals surface area contributed by atoms with E-state index in [0.29, 0.717) is 27.1 Å². The molecule has 0 bridgehead atoms. The lowest BCUT2D eigenvalue weighted by Gasteiger charge is -2.34. The minimum atomic E-state index is -1.73. The number of phenols is 1. The van der Waals surface area contributed by atoms with Gasteiger partial charge in [0.05, 0.1) is 30.5 Å². The van der Waals surface area contributed by atoms with E-state index in [1.54, 1.807) is 24.3 Å². The van der Waals surface area contributed by atoms with E-state index in [2.05, 4.69) is 21.2 Å². The molecule has 3 fully saturated rings. The van der Waals surface area contributed by atoms with E-state index >= 15 is 0 Å². The Hall–Kier alpha value is -3.11. The molecule has 0 aromatic heterocycles. The van der Waals surface area contributed by atoms with Crippen molar-refractivity contribution in [3.05, 3.63) is 52.0 Å². The Morgan fingerprint density at radius 3 is 2.37 bits per heavy atom. The van der Waals surface area contributed by atoms with Gasteiger partial charge in [0.25, 0.3) is 0 Å². The van der Waals surface area contributed by atoms with Crippen molar-refractivity contribution in [3.8, 4) is 17.2 Å². The lowest BCUT2D eigenvalue weighted by atomic mass is 9.76. The molecular formula is C28H31BrN2O7. The van der Waals surface area contributed by atoms with E-state index in [1.807, 2.05) is 0 Å². The Labute approximate surface area is 229 Å². The van der Waals surface area contributed by atoms with Crippen LogP contribution in [0, 0.1) is 11.8 Å². The number of carboxylic acids is 1. The minimum Gasteiger partial charge on any atom is -0.508 e. The van der Waals surface area contributed by atoms with Crippen LogP contribution in [0.4, 0.5) is 0 Å². The summed E-state index contributed by atoms with van der Waals surface area (Å²) in [6.45, 7) is 0. The summed E-state index contributed by atoms with van der Waals surface area (Å²) in [7, 11) is 3.01. The number of likely N-dealkylation sites (tertiary alicyclic amines) is 1. The molecule has 38 heavy (non-hydrogen) atoms. The highest BCUT2D eigenvalue weighted by molar-refractivity contribution is 9.10. The maximum Gasteiger partial charge on any atom is 0.325 e. The number of imide groups is 1. The fraction of sp³-hybridized carbons (Fsp3) is 0.464. The van der Waals surface area contributed by atoms with Crippen LogP contribution >= 0.6 is 15.9 Å². The van der Waals surface area contributed by atoms with Crippen molar-refractivity contribution in [1.29, 1.82) is 0 Å². The molecule has 1 saturated carbocycles. The van der Waals surface area contributed by atoms with Crippen LogP contribution < -0.4 is 14.8 Å². The monoisotopic (exact) mass is 586 g/mol. The Kier molecular flexibility index (Phi) is 7.13. The van der Waals surface area contributed by atoms with Crippen molar-refractivity contribution in [3.63, 3.8) is 0 Å². The average molecular weight is 587 g/mol. The SMILES string of the molecule is COc1cc(C2NC(Cc3ccc(O)cc3)(C(=O)O)C3C(=O)N(C4CCCCC4)C(=O)C23)cc(Br)c1OC. The molecule has 0 radical (unpaired) electrons. The molecule has 2 amide bonds. The third-order valence-corrected chi connectivity index (χ3v) is 8.83. The van der Waals surface area contributed by atoms with E-state index in [1.165, 1.54) is 31.3 Å². The number of carbonyl (C=O) groups is 3. The molecule has 1 aliphatic carbocycles. The van der Waals surface area contributed by atoms with Crippen LogP contribution in [0.5, 0.6) is 17.2 Å². The number of carbonyl (C=O) groups excluding carboxylic acids is 2. The molecule has 5 rings (SSSR count). The van der Waals surface area contributed by atoms with E-state index in [0.717, 1.165) is 32.1 Å². The topological polar surface area (TPSA) is 125 Å². The zero-order valence-corrected chi connectivity index (χ0v) is 22.9. The molecule has 9 nitrogen and oxygen atoms in total. The molecule has 2 saturated heterocycles. The molecule has 2 aliphatic heterocycles. The highest BCUT2D eigenvalue weighted by Gasteiger charge is 2.69. The molecule has 4 atom stereocenters. The van der Waals surface area contributed by atoms with Gasteiger partial charge in [-0.25, -0.2) is 0 Å². The zero-order chi connectivity index (χ0) is 27.2. The van der Waals surface area contributed by atoms with Crippen molar-refractivity contribution in [2.75, 3.05) is 14.2 Å². The second kappa shape index (κ2) is 10.2. The van der Waals surface area contributed by atoms with E-state index in [-0.39, 0.29) is 24.1 Å². The maximum atomic E-state index is 14.0. The number of amides is 2. The van der Waals surface area contributed by atoms with Crippen LogP contribution in [-0.4, -0.2) is 58.7 Å². The molecule has 0 spiro atoms. The highest BCUT2D eigenvalue weighted by atomic mass is 79.9. The average Bonchev–Trinajstić information content (AvgIpc) is 3.39. The number of aromatic hydroxyl groups is 1. The first-order valence-electron chi connectivity index (χ1n) is 12.8. The number of methoxy groups -OCH3 is 2. The maximum absolute atomic E-state index is 14.0. The number of ether oxygens (including phenoxy) is 2. The van der Waals surface area contributed by atoms with Crippen molar-refractivity contribution >= 4 is 33.7 Å². The molecule has 202 valence electrons. The number of aliphatic carboxylic acids is 1. The van der Waals surface area contributed by atoms with Crippen LogP contribution in [0.2, 0.25) is 0 Å². The van der Waals surface area contributed by atoms with Crippen molar-refractivity contribution < 1.29 is 34.1 Å². The largest absolute Gasteiger partial charge is 0.508 e. The third-order valence-electron chi connectivity index (χ3n) is 8.24. The summed E-state index contributed by atoms with van der Waals surface area (Å²) >= 11 is 3.50. The Morgan fingerprint density at radius 1 is 1.08 bits per heavy atom. The lowest BCUT2D eigenvalue weighted by Crippen LogP contribution is -2.58. The fourth-order valence-corrected chi connectivity index (χ4v) is 7.12. The Morgan fingerprint density at radius 2 is 1.76 bits per heavy atom. The summed E-state index contributed by atoms with van der Waals surface area (Å²) in [5, 5.41) is 23.7. The number of hydrogen-bond donors (Lipinski definition) is 3. The fourth-order valence-electron chi connectivity index (χ4n) is 6.50. The molecule has 3 aliphatic rings. The van der Waals surface area contributed by atoms with Crippen molar-refractivity contribution in [1.82, 2.24) is 10.2 Å². The van der Waals surface area contributed by atoms with Gasteiger partial charge < -0.3 is 19.7 Å². The number of benzene rings is 2. The molecular weight excluding hydrogens is 556 g/mol. The number of halogens is 1. The first kappa shape index (κ1) is 26.5. The number of nitrogens with zero attached hydrogens (tertiary/aromatic N) is 1. The van der Waals surface area contributed by atoms with Gasteiger partial charge in [0.1, 0.15) is 11.3 Å². The normalized spacial score (nSPS) is 27.4. The van der Waals surface area contributed by atoms with Gasteiger partial charge in [0, 0.05) is 18.5 Å². The van der Waals surface area contributed by atoms with Crippen LogP contribution in [0.1, 0.15) is 49.3 Å². The van der Waals surface area contributed by atoms with Crippen LogP contribution in [0.25, 0.3) is 0 Å². The smallest absolute Gasteiger partial charge is 0.325 e. The summed E-state index contributed by atoms with van der Waals surface area (Å²) in [6.07, 6.45) is 4.34. The standard InChI is InChI=1S/C28H31BrN2O7/c1-37-20-13-16(12-19(29)24(20)38-2)23-21-22(26(34)31(25(21)33)17-6-4-3-5-7-17)28(30-23,27(35)36)14-15-8-10-18(32)11-9-15/h8-13,17,21-23,30,32H,3-7,14H2,1-2H3,(H,35,36). The van der Waals surface area contributed by atoms with Gasteiger partial charge in [-0.05, 0) is 64.2 Å². The number of fused-ring (bicyclic) bond motifs is 1. The van der Waals surface area contributed by atoms with Gasteiger partial charge in [-0.15, -0.1) is 0 Å². The van der Waals surface area contributed by atoms with Gasteiger partial charge in [0.2, 0.25) is 11.8 Å². The molecule has 10 heteroatoms. The number of rotatable bonds is 7. The molecule has 3 N–H and O–H groups in total. The highest BCUT2D eigenvalue weighted by Crippen LogP contribution is 2.52. The molecule has 2 aromatic rings. The van der Waals surface area contributed by atoms with Gasteiger partial charge in [-0.1, -0.05) is 31.4 Å². The van der Waals surface area contributed by atoms with E-state index in [9.17, 15) is 24.6 Å². The minimum absolute atomic E-state index is 0.0355. The quantitative estimate of drug-likeness (QED) is 0.418. The van der Waals surface area contributed by atoms with Gasteiger partial charge in [-0.2, -0.15) is 0 Å². The van der Waals surface area contributed by atoms with Crippen LogP contribution in [-0.2, 0) is 20.8 Å². The van der Waals surface area contributed by atoms with Crippen LogP contribution in [0.3, 0.4) is 0 Å². The lowest BCUT2D eigenvalue weighted by molar-refractivity contribution is -0.152.